The molecule has 0 aliphatic carbocycles. The van der Waals surface area contributed by atoms with Gasteiger partial charge in [0.05, 0.1) is 0 Å². The van der Waals surface area contributed by atoms with Gasteiger partial charge in [0.25, 0.3) is 10.1 Å². The number of hydrogen-bond donors (Lipinski definition) is 1. The van der Waals surface area contributed by atoms with Gasteiger partial charge in [-0.15, -0.1) is 0 Å². The minimum atomic E-state index is -4.23. The monoisotopic (exact) mass is 460 g/mol. The van der Waals surface area contributed by atoms with E-state index in [0.29, 0.717) is 11.8 Å². The van der Waals surface area contributed by atoms with Gasteiger partial charge in [-0.1, -0.05) is 140 Å². The quantitative estimate of drug-likeness (QED) is 0.178. The Morgan fingerprint density at radius 1 is 0.625 bits per heavy atom. The Hall–Kier alpha value is -1.39. The Bertz CT molecular complexity index is 873. The van der Waals surface area contributed by atoms with E-state index in [1.165, 1.54) is 89.9 Å². The van der Waals surface area contributed by atoms with Crippen LogP contribution in [0.15, 0.2) is 41.3 Å². The summed E-state index contributed by atoms with van der Waals surface area (Å²) in [6, 6.07) is 11.2. The summed E-state index contributed by atoms with van der Waals surface area (Å²) in [6.45, 7) is 2.27. The van der Waals surface area contributed by atoms with Gasteiger partial charge in [-0.25, -0.2) is 0 Å². The topological polar surface area (TPSA) is 54.4 Å². The molecule has 0 radical (unpaired) electrons. The third-order valence-electron chi connectivity index (χ3n) is 6.52. The molecule has 0 spiro atoms. The minimum absolute atomic E-state index is 0.0940. The third kappa shape index (κ3) is 10.0. The average molecular weight is 461 g/mol. The molecule has 3 nitrogen and oxygen atoms in total. The molecule has 0 saturated heterocycles. The summed E-state index contributed by atoms with van der Waals surface area (Å²) < 4.78 is 33.8. The first-order valence-corrected chi connectivity index (χ1v) is 14.5. The standard InChI is InChI=1S/C28H44O3S/c1-2-3-4-5-6-7-8-9-10-11-12-13-14-15-16-17-21-26-24-23-25-20-18-19-22-27(25)28(26)32(29,30)31/h18-20,22-24H,2-17,21H2,1H3,(H,29,30,31). The van der Waals surface area contributed by atoms with Gasteiger partial charge < -0.3 is 0 Å². The van der Waals surface area contributed by atoms with Crippen LogP contribution in [0.5, 0.6) is 0 Å². The second-order valence-corrected chi connectivity index (χ2v) is 10.7. The van der Waals surface area contributed by atoms with Crippen LogP contribution in [0.2, 0.25) is 0 Å². The van der Waals surface area contributed by atoms with Crippen molar-refractivity contribution < 1.29 is 13.0 Å². The van der Waals surface area contributed by atoms with Crippen LogP contribution in [0.1, 0.15) is 115 Å². The van der Waals surface area contributed by atoms with Crippen LogP contribution < -0.4 is 0 Å². The van der Waals surface area contributed by atoms with Crippen molar-refractivity contribution in [2.75, 3.05) is 0 Å². The molecule has 0 heterocycles. The number of fused-ring (bicyclic) bond motifs is 1. The lowest BCUT2D eigenvalue weighted by molar-refractivity contribution is 0.482. The highest BCUT2D eigenvalue weighted by atomic mass is 32.2. The molecular weight excluding hydrogens is 416 g/mol. The lowest BCUT2D eigenvalue weighted by atomic mass is 10.0. The van der Waals surface area contributed by atoms with Crippen LogP contribution in [0, 0.1) is 0 Å². The predicted molar refractivity (Wildman–Crippen MR) is 137 cm³/mol. The van der Waals surface area contributed by atoms with Crippen LogP contribution in [-0.4, -0.2) is 13.0 Å². The Kier molecular flexibility index (Phi) is 13.0. The van der Waals surface area contributed by atoms with Gasteiger partial charge in [0.15, 0.2) is 0 Å². The highest BCUT2D eigenvalue weighted by Gasteiger charge is 2.18. The molecule has 0 atom stereocenters. The lowest BCUT2D eigenvalue weighted by Gasteiger charge is -2.11. The SMILES string of the molecule is CCCCCCCCCCCCCCCCCCc1ccc2ccccc2c1S(=O)(=O)O. The van der Waals surface area contributed by atoms with Gasteiger partial charge in [0, 0.05) is 5.39 Å². The highest BCUT2D eigenvalue weighted by Crippen LogP contribution is 2.28. The van der Waals surface area contributed by atoms with E-state index in [4.69, 9.17) is 0 Å². The van der Waals surface area contributed by atoms with Crippen molar-refractivity contribution >= 4 is 20.9 Å². The summed E-state index contributed by atoms with van der Waals surface area (Å²) in [6.07, 6.45) is 21.8. The molecule has 0 aliphatic rings. The van der Waals surface area contributed by atoms with Crippen LogP contribution in [0.3, 0.4) is 0 Å². The Labute approximate surface area is 196 Å². The molecule has 0 unspecified atom stereocenters. The normalized spacial score (nSPS) is 11.9. The largest absolute Gasteiger partial charge is 0.295 e. The van der Waals surface area contributed by atoms with E-state index >= 15 is 0 Å². The fourth-order valence-corrected chi connectivity index (χ4v) is 5.62. The van der Waals surface area contributed by atoms with Crippen molar-refractivity contribution in [1.29, 1.82) is 0 Å². The molecule has 180 valence electrons. The van der Waals surface area contributed by atoms with Gasteiger partial charge in [0.2, 0.25) is 0 Å². The number of benzene rings is 2. The van der Waals surface area contributed by atoms with Crippen molar-refractivity contribution in [2.45, 2.75) is 121 Å². The van der Waals surface area contributed by atoms with E-state index in [1.807, 2.05) is 30.3 Å². The summed E-state index contributed by atoms with van der Waals surface area (Å²) in [5, 5.41) is 1.46. The maximum atomic E-state index is 12.0. The summed E-state index contributed by atoms with van der Waals surface area (Å²) in [5.41, 5.74) is 0.733. The lowest BCUT2D eigenvalue weighted by Crippen LogP contribution is -2.04. The molecule has 4 heteroatoms. The molecule has 2 rings (SSSR count). The molecule has 0 amide bonds. The predicted octanol–water partition coefficient (Wildman–Crippen LogP) is 8.89. The zero-order valence-corrected chi connectivity index (χ0v) is 21.0. The molecule has 0 saturated carbocycles. The second-order valence-electron chi connectivity index (χ2n) is 9.30. The number of rotatable bonds is 18. The maximum Gasteiger partial charge on any atom is 0.295 e. The van der Waals surface area contributed by atoms with Gasteiger partial charge >= 0.3 is 0 Å². The van der Waals surface area contributed by atoms with Gasteiger partial charge in [-0.3, -0.25) is 4.55 Å². The minimum Gasteiger partial charge on any atom is -0.282 e. The van der Waals surface area contributed by atoms with Crippen LogP contribution in [0.25, 0.3) is 10.8 Å². The third-order valence-corrected chi connectivity index (χ3v) is 7.52. The van der Waals surface area contributed by atoms with Gasteiger partial charge in [0.1, 0.15) is 4.90 Å². The molecule has 0 aliphatic heterocycles. The Morgan fingerprint density at radius 3 is 1.59 bits per heavy atom. The molecular formula is C28H44O3S. The zero-order valence-electron chi connectivity index (χ0n) is 20.2. The summed E-state index contributed by atoms with van der Waals surface area (Å²) >= 11 is 0. The average Bonchev–Trinajstić information content (AvgIpc) is 2.77. The van der Waals surface area contributed by atoms with Crippen LogP contribution in [0.4, 0.5) is 0 Å². The molecule has 0 aromatic heterocycles. The molecule has 2 aromatic rings. The number of hydrogen-bond acceptors (Lipinski definition) is 2. The summed E-state index contributed by atoms with van der Waals surface area (Å²) in [7, 11) is -4.23. The molecule has 2 aromatic carbocycles. The molecule has 0 bridgehead atoms. The van der Waals surface area contributed by atoms with Crippen molar-refractivity contribution in [3.8, 4) is 0 Å². The van der Waals surface area contributed by atoms with Crippen molar-refractivity contribution in [3.05, 3.63) is 42.0 Å². The fourth-order valence-electron chi connectivity index (χ4n) is 4.65. The fraction of sp³-hybridized carbons (Fsp3) is 0.643. The number of unbranched alkanes of at least 4 members (excludes halogenated alkanes) is 15. The van der Waals surface area contributed by atoms with Crippen molar-refractivity contribution in [1.82, 2.24) is 0 Å². The maximum absolute atomic E-state index is 12.0. The van der Waals surface area contributed by atoms with E-state index in [-0.39, 0.29) is 4.90 Å². The first kappa shape index (κ1) is 26.9. The van der Waals surface area contributed by atoms with Gasteiger partial charge in [-0.05, 0) is 23.8 Å². The van der Waals surface area contributed by atoms with E-state index in [2.05, 4.69) is 6.92 Å². The zero-order chi connectivity index (χ0) is 23.1. The highest BCUT2D eigenvalue weighted by molar-refractivity contribution is 7.86. The van der Waals surface area contributed by atoms with Crippen molar-refractivity contribution in [2.24, 2.45) is 0 Å². The van der Waals surface area contributed by atoms with E-state index in [9.17, 15) is 13.0 Å². The van der Waals surface area contributed by atoms with Gasteiger partial charge in [-0.2, -0.15) is 8.42 Å². The first-order valence-electron chi connectivity index (χ1n) is 13.0. The second kappa shape index (κ2) is 15.4. The molecule has 0 fully saturated rings. The Morgan fingerprint density at radius 2 is 1.09 bits per heavy atom. The molecule has 32 heavy (non-hydrogen) atoms. The number of aryl methyl sites for hydroxylation is 1. The molecule has 1 N–H and O–H groups in total. The summed E-state index contributed by atoms with van der Waals surface area (Å²) in [4.78, 5) is 0.0940. The smallest absolute Gasteiger partial charge is 0.282 e. The van der Waals surface area contributed by atoms with Crippen LogP contribution >= 0.6 is 0 Å². The van der Waals surface area contributed by atoms with Crippen LogP contribution in [-0.2, 0) is 16.5 Å². The van der Waals surface area contributed by atoms with E-state index < -0.39 is 10.1 Å². The Balaban J connectivity index is 1.54. The van der Waals surface area contributed by atoms with E-state index in [1.54, 1.807) is 6.07 Å². The summed E-state index contributed by atoms with van der Waals surface area (Å²) in [5.74, 6) is 0. The van der Waals surface area contributed by atoms with Crippen molar-refractivity contribution in [3.63, 3.8) is 0 Å². The van der Waals surface area contributed by atoms with E-state index in [0.717, 1.165) is 23.8 Å². The first-order chi connectivity index (χ1) is 15.5.